The summed E-state index contributed by atoms with van der Waals surface area (Å²) in [6, 6.07) is 24.4. The molecule has 2 aromatic heterocycles. The van der Waals surface area contributed by atoms with Crippen LogP contribution in [-0.4, -0.2) is 34.0 Å². The fourth-order valence-electron chi connectivity index (χ4n) is 5.87. The lowest BCUT2D eigenvalue weighted by atomic mass is 9.69. The minimum absolute atomic E-state index is 0.0858. The molecule has 230 valence electrons. The number of nitriles is 2. The molecule has 0 bridgehead atoms. The van der Waals surface area contributed by atoms with E-state index >= 15 is 0 Å². The molecule has 1 unspecified atom stereocenters. The van der Waals surface area contributed by atoms with Gasteiger partial charge in [-0.3, -0.25) is 4.98 Å². The van der Waals surface area contributed by atoms with E-state index in [9.17, 15) is 23.7 Å². The number of pyridine rings is 1. The average Bonchev–Trinajstić information content (AvgIpc) is 3.73. The minimum atomic E-state index is -4.49. The van der Waals surface area contributed by atoms with Gasteiger partial charge in [0.05, 0.1) is 40.0 Å². The molecule has 6 rings (SSSR count). The third kappa shape index (κ3) is 5.29. The molecule has 1 aliphatic rings. The molecule has 1 saturated carbocycles. The van der Waals surface area contributed by atoms with Crippen LogP contribution < -0.4 is 10.6 Å². The maximum absolute atomic E-state index is 14.0. The predicted octanol–water partition coefficient (Wildman–Crippen LogP) is 6.78. The van der Waals surface area contributed by atoms with Gasteiger partial charge in [-0.05, 0) is 48.6 Å². The lowest BCUT2D eigenvalue weighted by Gasteiger charge is -2.32. The zero-order valence-electron chi connectivity index (χ0n) is 24.9. The fourth-order valence-corrected chi connectivity index (χ4v) is 6.19. The van der Waals surface area contributed by atoms with Gasteiger partial charge in [-0.1, -0.05) is 72.3 Å². The van der Waals surface area contributed by atoms with E-state index in [0.29, 0.717) is 44.8 Å². The first-order valence-electron chi connectivity index (χ1n) is 14.7. The van der Waals surface area contributed by atoms with Crippen LogP contribution in [0.5, 0.6) is 0 Å². The fraction of sp³-hybridized carbons (Fsp3) is 0.242. The van der Waals surface area contributed by atoms with Gasteiger partial charge in [0.15, 0.2) is 5.54 Å². The van der Waals surface area contributed by atoms with Crippen molar-refractivity contribution in [2.75, 3.05) is 10.6 Å². The minimum Gasteiger partial charge on any atom is -0.377 e. The third-order valence-corrected chi connectivity index (χ3v) is 8.97. The van der Waals surface area contributed by atoms with Crippen molar-refractivity contribution in [3.05, 3.63) is 112 Å². The van der Waals surface area contributed by atoms with Gasteiger partial charge < -0.3 is 10.6 Å². The molecule has 2 atom stereocenters. The molecule has 0 aliphatic heterocycles. The highest BCUT2D eigenvalue weighted by molar-refractivity contribution is 6.33. The van der Waals surface area contributed by atoms with Crippen LogP contribution in [0.15, 0.2) is 79.1 Å². The molecule has 3 aromatic carbocycles. The Bertz CT molecular complexity index is 2010. The Morgan fingerprint density at radius 1 is 1.04 bits per heavy atom. The van der Waals surface area contributed by atoms with Crippen LogP contribution in [0.1, 0.15) is 60.2 Å². The normalized spacial score (nSPS) is 15.7. The predicted molar refractivity (Wildman–Crippen MR) is 172 cm³/mol. The first kappa shape index (κ1) is 30.9. The second-order valence-corrected chi connectivity index (χ2v) is 11.9. The van der Waals surface area contributed by atoms with E-state index in [1.165, 1.54) is 12.4 Å². The highest BCUT2D eigenvalue weighted by Crippen LogP contribution is 2.55. The summed E-state index contributed by atoms with van der Waals surface area (Å²) in [4.78, 5) is 4.45. The van der Waals surface area contributed by atoms with Gasteiger partial charge in [0.25, 0.3) is 0 Å². The molecule has 2 heterocycles. The zero-order valence-corrected chi connectivity index (χ0v) is 25.7. The summed E-state index contributed by atoms with van der Waals surface area (Å²) in [5, 5.41) is 36.2. The number of halogens is 4. The summed E-state index contributed by atoms with van der Waals surface area (Å²) in [7, 11) is 1.75. The van der Waals surface area contributed by atoms with Gasteiger partial charge in [-0.2, -0.15) is 23.7 Å². The Morgan fingerprint density at radius 2 is 1.74 bits per heavy atom. The molecule has 0 saturated heterocycles. The topological polar surface area (TPSA) is 115 Å². The molecule has 0 amide bonds. The zero-order chi connectivity index (χ0) is 32.7. The van der Waals surface area contributed by atoms with Gasteiger partial charge in [0.2, 0.25) is 0 Å². The van der Waals surface area contributed by atoms with Crippen molar-refractivity contribution >= 4 is 41.7 Å². The van der Waals surface area contributed by atoms with Crippen LogP contribution in [0, 0.1) is 22.7 Å². The van der Waals surface area contributed by atoms with E-state index in [2.05, 4.69) is 38.1 Å². The lowest BCUT2D eigenvalue weighted by molar-refractivity contribution is -0.182. The molecule has 1 aliphatic carbocycles. The Labute approximate surface area is 269 Å². The number of nitrogens with one attached hydrogen (secondary N) is 2. The molecule has 13 heteroatoms. The molecule has 0 radical (unpaired) electrons. The molecule has 8 nitrogen and oxygen atoms in total. The number of aromatic nitrogens is 4. The van der Waals surface area contributed by atoms with Crippen LogP contribution in [0.4, 0.5) is 24.5 Å². The van der Waals surface area contributed by atoms with Gasteiger partial charge in [-0.15, -0.1) is 5.10 Å². The van der Waals surface area contributed by atoms with Crippen LogP contribution in [0.2, 0.25) is 5.02 Å². The number of anilines is 2. The maximum Gasteiger partial charge on any atom is 0.413 e. The first-order chi connectivity index (χ1) is 22.0. The summed E-state index contributed by atoms with van der Waals surface area (Å²) in [6.45, 7) is 2.03. The largest absolute Gasteiger partial charge is 0.413 e. The lowest BCUT2D eigenvalue weighted by Crippen LogP contribution is -2.38. The van der Waals surface area contributed by atoms with Crippen LogP contribution in [0.3, 0.4) is 0 Å². The van der Waals surface area contributed by atoms with E-state index in [-0.39, 0.29) is 30.1 Å². The van der Waals surface area contributed by atoms with Crippen LogP contribution in [-0.2, 0) is 11.0 Å². The third-order valence-electron chi connectivity index (χ3n) is 8.64. The highest BCUT2D eigenvalue weighted by atomic mass is 35.5. The van der Waals surface area contributed by atoms with Crippen molar-refractivity contribution in [2.45, 2.75) is 49.4 Å². The summed E-state index contributed by atoms with van der Waals surface area (Å²) < 4.78 is 42.8. The number of benzene rings is 3. The Morgan fingerprint density at radius 3 is 2.37 bits per heavy atom. The van der Waals surface area contributed by atoms with Crippen molar-refractivity contribution in [3.63, 3.8) is 0 Å². The molecule has 0 spiro atoms. The maximum atomic E-state index is 14.0. The van der Waals surface area contributed by atoms with E-state index < -0.39 is 17.2 Å². The van der Waals surface area contributed by atoms with E-state index in [1.54, 1.807) is 44.2 Å². The van der Waals surface area contributed by atoms with E-state index in [1.807, 2.05) is 37.3 Å². The second-order valence-electron chi connectivity index (χ2n) is 11.5. The number of rotatable bonds is 9. The van der Waals surface area contributed by atoms with Gasteiger partial charge in [-0.25, -0.2) is 4.68 Å². The Kier molecular flexibility index (Phi) is 7.87. The second kappa shape index (κ2) is 11.7. The molecular formula is C33H27BClF3N8. The van der Waals surface area contributed by atoms with Gasteiger partial charge in [0.1, 0.15) is 25.7 Å². The SMILES string of the molecule is BC(Nc1cc(C#N)c2ncc(C#N)c(N[C@H](CC)c3ccccc3)c2c1)(c1cn(C2(C(F)(F)F)CC2)nn1)c1ccccc1Cl. The van der Waals surface area contributed by atoms with Crippen molar-refractivity contribution in [2.24, 2.45) is 0 Å². The van der Waals surface area contributed by atoms with Gasteiger partial charge >= 0.3 is 6.18 Å². The number of hydrogen-bond acceptors (Lipinski definition) is 7. The quantitative estimate of drug-likeness (QED) is 0.171. The summed E-state index contributed by atoms with van der Waals surface area (Å²) in [6.07, 6.45) is -1.21. The Balaban J connectivity index is 1.50. The molecular weight excluding hydrogens is 612 g/mol. The molecule has 1 fully saturated rings. The number of fused-ring (bicyclic) bond motifs is 1. The van der Waals surface area contributed by atoms with Crippen molar-refractivity contribution < 1.29 is 13.2 Å². The van der Waals surface area contributed by atoms with Crippen LogP contribution in [0.25, 0.3) is 10.9 Å². The standard InChI is InChI=1S/C33H27BClF3N8/c1-2-27(20-8-4-3-5-9-20)42-30-22(17-40)18-41-29-21(16-39)14-23(15-24(29)30)43-32(34,25-10-6-7-11-26(25)35)28-19-46(45-44-28)31(12-13-31)33(36,37)38/h3-11,14-15,18-19,27,43H,2,12-13,34H2,1H3,(H,41,42)/t27-,32?/m1/s1. The summed E-state index contributed by atoms with van der Waals surface area (Å²) in [5.41, 5.74) is 0.247. The van der Waals surface area contributed by atoms with E-state index in [4.69, 9.17) is 11.6 Å². The number of hydrogen-bond donors (Lipinski definition) is 2. The molecule has 2 N–H and O–H groups in total. The smallest absolute Gasteiger partial charge is 0.377 e. The average molecular weight is 639 g/mol. The number of alkyl halides is 3. The molecule has 5 aromatic rings. The Hall–Kier alpha value is -5.07. The van der Waals surface area contributed by atoms with Gasteiger partial charge in [0, 0.05) is 22.3 Å². The van der Waals surface area contributed by atoms with Crippen molar-refractivity contribution in [3.8, 4) is 12.1 Å². The summed E-state index contributed by atoms with van der Waals surface area (Å²) in [5.74, 6) is 0. The molecule has 46 heavy (non-hydrogen) atoms. The first-order valence-corrected chi connectivity index (χ1v) is 15.0. The highest BCUT2D eigenvalue weighted by Gasteiger charge is 2.66. The van der Waals surface area contributed by atoms with Crippen molar-refractivity contribution in [1.82, 2.24) is 20.0 Å². The van der Waals surface area contributed by atoms with Crippen LogP contribution >= 0.6 is 11.6 Å². The summed E-state index contributed by atoms with van der Waals surface area (Å²) >= 11 is 6.67. The monoisotopic (exact) mass is 638 g/mol. The van der Waals surface area contributed by atoms with Crippen molar-refractivity contribution in [1.29, 1.82) is 10.5 Å². The van der Waals surface area contributed by atoms with E-state index in [0.717, 1.165) is 10.2 Å². The number of nitrogens with zero attached hydrogens (tertiary/aromatic N) is 6.